The van der Waals surface area contributed by atoms with E-state index in [1.165, 1.54) is 0 Å². The van der Waals surface area contributed by atoms with Crippen LogP contribution in [0.3, 0.4) is 0 Å². The molecule has 2 rings (SSSR count). The van der Waals surface area contributed by atoms with E-state index in [1.807, 2.05) is 16.8 Å². The summed E-state index contributed by atoms with van der Waals surface area (Å²) >= 11 is 0. The fourth-order valence-corrected chi connectivity index (χ4v) is 1.63. The van der Waals surface area contributed by atoms with Gasteiger partial charge in [-0.3, -0.25) is 0 Å². The van der Waals surface area contributed by atoms with Crippen LogP contribution < -0.4 is 5.73 Å². The normalized spacial score (nSPS) is 12.2. The smallest absolute Gasteiger partial charge is 0.158 e. The maximum Gasteiger partial charge on any atom is 0.158 e. The van der Waals surface area contributed by atoms with E-state index < -0.39 is 0 Å². The van der Waals surface area contributed by atoms with Gasteiger partial charge in [0.05, 0.1) is 0 Å². The predicted molar refractivity (Wildman–Crippen MR) is 64.4 cm³/mol. The second kappa shape index (κ2) is 3.87. The summed E-state index contributed by atoms with van der Waals surface area (Å²) in [5.74, 6) is 0.872. The molecule has 2 aromatic heterocycles. The molecule has 0 aliphatic heterocycles. The lowest BCUT2D eigenvalue weighted by molar-refractivity contribution is 0.545. The van der Waals surface area contributed by atoms with Crippen molar-refractivity contribution in [3.63, 3.8) is 0 Å². The summed E-state index contributed by atoms with van der Waals surface area (Å²) in [5.41, 5.74) is 7.65. The Morgan fingerprint density at radius 1 is 1.38 bits per heavy atom. The van der Waals surface area contributed by atoms with Crippen LogP contribution in [-0.4, -0.2) is 21.1 Å². The fraction of sp³-hybridized carbons (Fsp3) is 0.500. The van der Waals surface area contributed by atoms with Gasteiger partial charge in [0.25, 0.3) is 0 Å². The molecular weight excluding hydrogens is 200 g/mol. The van der Waals surface area contributed by atoms with E-state index in [0.29, 0.717) is 6.54 Å². The first-order chi connectivity index (χ1) is 7.52. The van der Waals surface area contributed by atoms with Gasteiger partial charge in [0, 0.05) is 11.6 Å². The van der Waals surface area contributed by atoms with Crippen molar-refractivity contribution >= 4 is 5.65 Å². The van der Waals surface area contributed by atoms with Crippen LogP contribution in [0.2, 0.25) is 0 Å². The number of fused-ring (bicyclic) bond motifs is 1. The quantitative estimate of drug-likeness (QED) is 0.831. The summed E-state index contributed by atoms with van der Waals surface area (Å²) in [6.07, 6.45) is 2.77. The first-order valence-corrected chi connectivity index (χ1v) is 5.57. The number of hydrogen-bond acceptors (Lipinski definition) is 3. The van der Waals surface area contributed by atoms with E-state index in [9.17, 15) is 0 Å². The molecule has 16 heavy (non-hydrogen) atoms. The van der Waals surface area contributed by atoms with Gasteiger partial charge in [-0.2, -0.15) is 5.10 Å². The molecule has 0 aliphatic carbocycles. The molecule has 0 radical (unpaired) electrons. The lowest BCUT2D eigenvalue weighted by atomic mass is 9.96. The molecular formula is C12H18N4. The van der Waals surface area contributed by atoms with Crippen LogP contribution >= 0.6 is 0 Å². The molecule has 4 heteroatoms. The van der Waals surface area contributed by atoms with Crippen molar-refractivity contribution < 1.29 is 0 Å². The van der Waals surface area contributed by atoms with Crippen molar-refractivity contribution in [3.05, 3.63) is 29.7 Å². The van der Waals surface area contributed by atoms with Crippen LogP contribution in [0.5, 0.6) is 0 Å². The van der Waals surface area contributed by atoms with Gasteiger partial charge in [0.15, 0.2) is 11.5 Å². The Morgan fingerprint density at radius 2 is 2.12 bits per heavy atom. The van der Waals surface area contributed by atoms with Gasteiger partial charge in [-0.05, 0) is 24.6 Å². The molecule has 0 aromatic carbocycles. The summed E-state index contributed by atoms with van der Waals surface area (Å²) in [5, 5.41) is 4.49. The van der Waals surface area contributed by atoms with Crippen molar-refractivity contribution in [2.45, 2.75) is 32.6 Å². The molecule has 0 atom stereocenters. The third-order valence-electron chi connectivity index (χ3n) is 2.53. The Kier molecular flexibility index (Phi) is 2.68. The van der Waals surface area contributed by atoms with Gasteiger partial charge in [0.1, 0.15) is 0 Å². The minimum absolute atomic E-state index is 0.0218. The Balaban J connectivity index is 2.57. The number of pyridine rings is 1. The van der Waals surface area contributed by atoms with Crippen molar-refractivity contribution in [2.75, 3.05) is 6.54 Å². The maximum absolute atomic E-state index is 5.59. The molecule has 0 fully saturated rings. The number of nitrogens with zero attached hydrogens (tertiary/aromatic N) is 3. The Hall–Kier alpha value is -1.42. The van der Waals surface area contributed by atoms with Gasteiger partial charge >= 0.3 is 0 Å². The third-order valence-corrected chi connectivity index (χ3v) is 2.53. The average Bonchev–Trinajstić information content (AvgIpc) is 2.62. The highest BCUT2D eigenvalue weighted by molar-refractivity contribution is 5.47. The second-order valence-corrected chi connectivity index (χ2v) is 5.03. The molecule has 0 unspecified atom stereocenters. The topological polar surface area (TPSA) is 56.2 Å². The number of aromatic nitrogens is 3. The average molecular weight is 218 g/mol. The van der Waals surface area contributed by atoms with Gasteiger partial charge in [-0.15, -0.1) is 0 Å². The first-order valence-electron chi connectivity index (χ1n) is 5.57. The van der Waals surface area contributed by atoms with E-state index in [0.717, 1.165) is 23.5 Å². The van der Waals surface area contributed by atoms with Crippen LogP contribution in [0, 0.1) is 0 Å². The Labute approximate surface area is 95.5 Å². The molecule has 2 N–H and O–H groups in total. The lowest BCUT2D eigenvalue weighted by Gasteiger charge is -2.11. The molecule has 2 aromatic rings. The second-order valence-electron chi connectivity index (χ2n) is 5.03. The number of nitrogens with two attached hydrogens (primary N) is 1. The van der Waals surface area contributed by atoms with E-state index in [1.54, 1.807) is 0 Å². The third kappa shape index (κ3) is 1.93. The molecule has 86 valence electrons. The molecule has 0 saturated heterocycles. The van der Waals surface area contributed by atoms with E-state index >= 15 is 0 Å². The molecule has 0 spiro atoms. The summed E-state index contributed by atoms with van der Waals surface area (Å²) < 4.78 is 1.84. The Bertz CT molecular complexity index is 493. The molecule has 0 aliphatic rings. The van der Waals surface area contributed by atoms with Crippen LogP contribution in [0.15, 0.2) is 18.3 Å². The first kappa shape index (κ1) is 11.1. The molecule has 4 nitrogen and oxygen atoms in total. The zero-order chi connectivity index (χ0) is 11.8. The number of rotatable bonds is 2. The lowest BCUT2D eigenvalue weighted by Crippen LogP contribution is -2.13. The molecule has 0 bridgehead atoms. The van der Waals surface area contributed by atoms with Crippen LogP contribution in [0.1, 0.15) is 32.2 Å². The highest BCUT2D eigenvalue weighted by Gasteiger charge is 2.20. The van der Waals surface area contributed by atoms with Crippen molar-refractivity contribution in [3.8, 4) is 0 Å². The zero-order valence-electron chi connectivity index (χ0n) is 10.1. The van der Waals surface area contributed by atoms with Crippen molar-refractivity contribution in [1.29, 1.82) is 0 Å². The summed E-state index contributed by atoms with van der Waals surface area (Å²) in [4.78, 5) is 4.60. The summed E-state index contributed by atoms with van der Waals surface area (Å²) in [6.45, 7) is 6.98. The Morgan fingerprint density at radius 3 is 2.75 bits per heavy atom. The standard InChI is InChI=1S/C12H18N4/c1-12(2,3)11-14-10-9(6-7-13)5-4-8-16(10)15-11/h4-5,8H,6-7,13H2,1-3H3. The van der Waals surface area contributed by atoms with E-state index in [4.69, 9.17) is 5.73 Å². The SMILES string of the molecule is CC(C)(C)c1nc2c(CCN)cccn2n1. The highest BCUT2D eigenvalue weighted by atomic mass is 15.3. The predicted octanol–water partition coefficient (Wildman–Crippen LogP) is 1.53. The summed E-state index contributed by atoms with van der Waals surface area (Å²) in [6, 6.07) is 4.04. The minimum atomic E-state index is -0.0218. The van der Waals surface area contributed by atoms with Crippen molar-refractivity contribution in [2.24, 2.45) is 5.73 Å². The highest BCUT2D eigenvalue weighted by Crippen LogP contribution is 2.20. The van der Waals surface area contributed by atoms with Gasteiger partial charge in [0.2, 0.25) is 0 Å². The van der Waals surface area contributed by atoms with Crippen LogP contribution in [0.4, 0.5) is 0 Å². The monoisotopic (exact) mass is 218 g/mol. The van der Waals surface area contributed by atoms with Gasteiger partial charge in [-0.1, -0.05) is 26.8 Å². The van der Waals surface area contributed by atoms with Crippen molar-refractivity contribution in [1.82, 2.24) is 14.6 Å². The summed E-state index contributed by atoms with van der Waals surface area (Å²) in [7, 11) is 0. The fourth-order valence-electron chi connectivity index (χ4n) is 1.63. The van der Waals surface area contributed by atoms with E-state index in [2.05, 4.69) is 36.9 Å². The molecule has 2 heterocycles. The number of hydrogen-bond donors (Lipinski definition) is 1. The van der Waals surface area contributed by atoms with E-state index in [-0.39, 0.29) is 5.41 Å². The molecule has 0 amide bonds. The van der Waals surface area contributed by atoms with Gasteiger partial charge in [-0.25, -0.2) is 9.50 Å². The van der Waals surface area contributed by atoms with Gasteiger partial charge < -0.3 is 5.73 Å². The maximum atomic E-state index is 5.59. The van der Waals surface area contributed by atoms with Crippen LogP contribution in [0.25, 0.3) is 5.65 Å². The minimum Gasteiger partial charge on any atom is -0.330 e. The zero-order valence-corrected chi connectivity index (χ0v) is 10.1. The largest absolute Gasteiger partial charge is 0.330 e. The van der Waals surface area contributed by atoms with Crippen LogP contribution in [-0.2, 0) is 11.8 Å². The molecule has 0 saturated carbocycles.